The van der Waals surface area contributed by atoms with Crippen LogP contribution in [0.5, 0.6) is 6.01 Å². The van der Waals surface area contributed by atoms with E-state index in [2.05, 4.69) is 9.97 Å². The predicted molar refractivity (Wildman–Crippen MR) is 102 cm³/mol. The average molecular weight is 428 g/mol. The maximum Gasteiger partial charge on any atom is 0.433 e. The maximum absolute atomic E-state index is 13.3. The van der Waals surface area contributed by atoms with Gasteiger partial charge in [-0.3, -0.25) is 0 Å². The second-order valence-electron chi connectivity index (χ2n) is 7.38. The molecule has 0 unspecified atom stereocenters. The lowest BCUT2D eigenvalue weighted by atomic mass is 10.0. The van der Waals surface area contributed by atoms with Crippen LogP contribution in [0.3, 0.4) is 0 Å². The monoisotopic (exact) mass is 428 g/mol. The Labute approximate surface area is 168 Å². The van der Waals surface area contributed by atoms with Crippen LogP contribution in [0.4, 0.5) is 13.2 Å². The standard InChI is InChI=1S/C20H23F3N2O3S/c1-29(26,27)16-10-8-15(9-11-16)17-12-18(20(21,22)23)25-19(24-17)28-13-14-6-4-2-3-5-7-14/h8-12,14H,2-7,13H2,1H3. The highest BCUT2D eigenvalue weighted by molar-refractivity contribution is 7.90. The van der Waals surface area contributed by atoms with Crippen LogP contribution in [-0.2, 0) is 16.0 Å². The lowest BCUT2D eigenvalue weighted by Crippen LogP contribution is -2.15. The number of sulfone groups is 1. The van der Waals surface area contributed by atoms with Gasteiger partial charge in [-0.15, -0.1) is 0 Å². The van der Waals surface area contributed by atoms with E-state index in [1.54, 1.807) is 0 Å². The van der Waals surface area contributed by atoms with Crippen LogP contribution in [0, 0.1) is 5.92 Å². The normalized spacial score (nSPS) is 16.4. The molecule has 1 aliphatic carbocycles. The molecule has 0 amide bonds. The Kier molecular flexibility index (Phi) is 6.45. The molecule has 5 nitrogen and oxygen atoms in total. The van der Waals surface area contributed by atoms with Crippen molar-refractivity contribution in [2.45, 2.75) is 49.6 Å². The Hall–Kier alpha value is -2.16. The van der Waals surface area contributed by atoms with Crippen LogP contribution in [0.15, 0.2) is 35.2 Å². The van der Waals surface area contributed by atoms with Gasteiger partial charge in [0.15, 0.2) is 15.5 Å². The van der Waals surface area contributed by atoms with E-state index in [1.807, 2.05) is 0 Å². The van der Waals surface area contributed by atoms with Crippen LogP contribution in [0.25, 0.3) is 11.3 Å². The number of hydrogen-bond donors (Lipinski definition) is 0. The van der Waals surface area contributed by atoms with Crippen molar-refractivity contribution in [2.24, 2.45) is 5.92 Å². The number of hydrogen-bond acceptors (Lipinski definition) is 5. The fourth-order valence-electron chi connectivity index (χ4n) is 3.38. The van der Waals surface area contributed by atoms with Crippen LogP contribution in [0.2, 0.25) is 0 Å². The van der Waals surface area contributed by atoms with Gasteiger partial charge in [-0.05, 0) is 37.0 Å². The molecule has 1 saturated carbocycles. The molecule has 3 rings (SSSR count). The Morgan fingerprint density at radius 3 is 2.21 bits per heavy atom. The molecule has 1 aromatic carbocycles. The third-order valence-electron chi connectivity index (χ3n) is 5.00. The summed E-state index contributed by atoms with van der Waals surface area (Å²) in [7, 11) is -3.40. The molecule has 1 fully saturated rings. The summed E-state index contributed by atoms with van der Waals surface area (Å²) < 4.78 is 68.7. The van der Waals surface area contributed by atoms with Crippen molar-refractivity contribution in [1.82, 2.24) is 9.97 Å². The van der Waals surface area contributed by atoms with Gasteiger partial charge in [-0.1, -0.05) is 37.8 Å². The first kappa shape index (κ1) is 21.5. The quantitative estimate of drug-likeness (QED) is 0.633. The first-order valence-corrected chi connectivity index (χ1v) is 11.4. The van der Waals surface area contributed by atoms with Gasteiger partial charge in [0.05, 0.1) is 17.2 Å². The summed E-state index contributed by atoms with van der Waals surface area (Å²) in [6, 6.07) is 6.06. The Morgan fingerprint density at radius 1 is 1.03 bits per heavy atom. The summed E-state index contributed by atoms with van der Waals surface area (Å²) in [6.07, 6.45) is 2.91. The van der Waals surface area contributed by atoms with Crippen molar-refractivity contribution >= 4 is 9.84 Å². The van der Waals surface area contributed by atoms with E-state index < -0.39 is 21.7 Å². The van der Waals surface area contributed by atoms with Gasteiger partial charge >= 0.3 is 12.2 Å². The van der Waals surface area contributed by atoms with Crippen LogP contribution < -0.4 is 4.74 Å². The Bertz CT molecular complexity index is 936. The van der Waals surface area contributed by atoms with Gasteiger partial charge in [-0.2, -0.15) is 23.1 Å². The van der Waals surface area contributed by atoms with Gasteiger partial charge in [0, 0.05) is 11.8 Å². The number of nitrogens with zero attached hydrogens (tertiary/aromatic N) is 2. The number of ether oxygens (including phenoxy) is 1. The van der Waals surface area contributed by atoms with Crippen molar-refractivity contribution < 1.29 is 26.3 Å². The minimum absolute atomic E-state index is 0.0308. The number of aromatic nitrogens is 2. The lowest BCUT2D eigenvalue weighted by molar-refractivity contribution is -0.141. The molecule has 29 heavy (non-hydrogen) atoms. The molecule has 0 saturated heterocycles. The SMILES string of the molecule is CS(=O)(=O)c1ccc(-c2cc(C(F)(F)F)nc(OCC3CCCCCC3)n2)cc1. The van der Waals surface area contributed by atoms with E-state index in [4.69, 9.17) is 4.74 Å². The predicted octanol–water partition coefficient (Wildman–Crippen LogP) is 4.92. The number of alkyl halides is 3. The van der Waals surface area contributed by atoms with Gasteiger partial charge in [0.1, 0.15) is 0 Å². The zero-order chi connectivity index (χ0) is 21.1. The molecule has 1 aromatic heterocycles. The van der Waals surface area contributed by atoms with E-state index in [-0.39, 0.29) is 29.1 Å². The smallest absolute Gasteiger partial charge is 0.433 e. The number of rotatable bonds is 5. The summed E-state index contributed by atoms with van der Waals surface area (Å²) in [6.45, 7) is 0.285. The molecule has 0 atom stereocenters. The van der Waals surface area contributed by atoms with Crippen LogP contribution in [0.1, 0.15) is 44.2 Å². The number of halogens is 3. The molecule has 0 bridgehead atoms. The first-order valence-electron chi connectivity index (χ1n) is 9.52. The molecule has 2 aromatic rings. The lowest BCUT2D eigenvalue weighted by Gasteiger charge is -2.16. The fourth-order valence-corrected chi connectivity index (χ4v) is 4.01. The van der Waals surface area contributed by atoms with E-state index in [0.717, 1.165) is 38.0 Å². The van der Waals surface area contributed by atoms with Crippen molar-refractivity contribution in [3.8, 4) is 17.3 Å². The molecule has 0 spiro atoms. The topological polar surface area (TPSA) is 69.2 Å². The summed E-state index contributed by atoms with van der Waals surface area (Å²) in [5.74, 6) is 0.285. The summed E-state index contributed by atoms with van der Waals surface area (Å²) >= 11 is 0. The number of benzene rings is 1. The summed E-state index contributed by atoms with van der Waals surface area (Å²) in [5, 5.41) is 0. The minimum Gasteiger partial charge on any atom is -0.463 e. The zero-order valence-electron chi connectivity index (χ0n) is 16.1. The maximum atomic E-state index is 13.3. The molecule has 1 heterocycles. The summed E-state index contributed by atoms with van der Waals surface area (Å²) in [4.78, 5) is 7.75. The van der Waals surface area contributed by atoms with Crippen LogP contribution >= 0.6 is 0 Å². The highest BCUT2D eigenvalue weighted by atomic mass is 32.2. The van der Waals surface area contributed by atoms with Gasteiger partial charge in [-0.25, -0.2) is 8.42 Å². The fraction of sp³-hybridized carbons (Fsp3) is 0.500. The van der Waals surface area contributed by atoms with Crippen molar-refractivity contribution in [2.75, 3.05) is 12.9 Å². The van der Waals surface area contributed by atoms with E-state index >= 15 is 0 Å². The molecule has 0 aliphatic heterocycles. The third-order valence-corrected chi connectivity index (χ3v) is 6.13. The molecule has 158 valence electrons. The Morgan fingerprint density at radius 2 is 1.66 bits per heavy atom. The van der Waals surface area contributed by atoms with Gasteiger partial charge in [0.25, 0.3) is 0 Å². The average Bonchev–Trinajstić information content (AvgIpc) is 2.94. The molecular weight excluding hydrogens is 405 g/mol. The van der Waals surface area contributed by atoms with E-state index in [9.17, 15) is 21.6 Å². The highest BCUT2D eigenvalue weighted by Crippen LogP contribution is 2.32. The van der Waals surface area contributed by atoms with Crippen LogP contribution in [-0.4, -0.2) is 31.2 Å². The third kappa shape index (κ3) is 5.91. The largest absolute Gasteiger partial charge is 0.463 e. The molecule has 9 heteroatoms. The van der Waals surface area contributed by atoms with Crippen molar-refractivity contribution in [3.63, 3.8) is 0 Å². The Balaban J connectivity index is 1.87. The second kappa shape index (κ2) is 8.69. The van der Waals surface area contributed by atoms with E-state index in [0.29, 0.717) is 5.56 Å². The van der Waals surface area contributed by atoms with Crippen molar-refractivity contribution in [1.29, 1.82) is 0 Å². The van der Waals surface area contributed by atoms with Crippen molar-refractivity contribution in [3.05, 3.63) is 36.0 Å². The molecule has 0 N–H and O–H groups in total. The van der Waals surface area contributed by atoms with E-state index in [1.165, 1.54) is 37.1 Å². The molecule has 0 radical (unpaired) electrons. The van der Waals surface area contributed by atoms with Gasteiger partial charge in [0.2, 0.25) is 0 Å². The van der Waals surface area contributed by atoms with Gasteiger partial charge < -0.3 is 4.74 Å². The summed E-state index contributed by atoms with van der Waals surface area (Å²) in [5.41, 5.74) is -0.710. The first-order chi connectivity index (χ1) is 13.6. The molecular formula is C20H23F3N2O3S. The molecule has 1 aliphatic rings. The second-order valence-corrected chi connectivity index (χ2v) is 9.40. The minimum atomic E-state index is -4.65. The highest BCUT2D eigenvalue weighted by Gasteiger charge is 2.34. The zero-order valence-corrected chi connectivity index (χ0v) is 16.9.